The van der Waals surface area contributed by atoms with Crippen molar-refractivity contribution in [3.05, 3.63) is 34.9 Å². The van der Waals surface area contributed by atoms with Crippen LogP contribution in [-0.4, -0.2) is 49.1 Å². The highest BCUT2D eigenvalue weighted by Crippen LogP contribution is 2.22. The standard InChI is InChI=1S/C74H142N2O2/c1-6-10-14-18-22-26-30-34-38-42-46-50-54-58-62-75(63-59-55-51-47-43-39-35-31-27-23-19-15-11-7-2)69-71-66-72(68-73(67-71)74(77)78-5)70-76(64-60-56-52-48-44-40-36-32-28-24-20-16-12-8-3)65-61-57-53-49-45-41-37-33-29-25-21-17-13-9-4/h66-68H,6-65,69-70H2,1-5H3. The fourth-order valence-electron chi connectivity index (χ4n) is 12.4. The van der Waals surface area contributed by atoms with Crippen molar-refractivity contribution in [2.45, 2.75) is 400 Å². The summed E-state index contributed by atoms with van der Waals surface area (Å²) in [7, 11) is 1.56. The Bertz CT molecular complexity index is 1180. The zero-order valence-electron chi connectivity index (χ0n) is 54.3. The molecule has 4 nitrogen and oxygen atoms in total. The summed E-state index contributed by atoms with van der Waals surface area (Å²) in [6.45, 7) is 15.8. The topological polar surface area (TPSA) is 32.8 Å². The van der Waals surface area contributed by atoms with Gasteiger partial charge in [0.15, 0.2) is 0 Å². The van der Waals surface area contributed by atoms with Gasteiger partial charge in [-0.3, -0.25) is 9.80 Å². The normalized spacial score (nSPS) is 11.8. The predicted octanol–water partition coefficient (Wildman–Crippen LogP) is 25.0. The summed E-state index contributed by atoms with van der Waals surface area (Å²) in [6, 6.07) is 6.81. The lowest BCUT2D eigenvalue weighted by atomic mass is 10.0. The van der Waals surface area contributed by atoms with Crippen LogP contribution in [0.5, 0.6) is 0 Å². The van der Waals surface area contributed by atoms with Gasteiger partial charge in [0, 0.05) is 13.1 Å². The molecule has 1 aromatic carbocycles. The molecule has 1 rings (SSSR count). The van der Waals surface area contributed by atoms with Gasteiger partial charge in [0.2, 0.25) is 0 Å². The number of methoxy groups -OCH3 is 1. The first-order valence-corrected chi connectivity index (χ1v) is 36.2. The fourth-order valence-corrected chi connectivity index (χ4v) is 12.4. The number of rotatable bonds is 65. The molecule has 0 bridgehead atoms. The first kappa shape index (κ1) is 74.6. The number of nitrogens with zero attached hydrogens (tertiary/aromatic N) is 2. The van der Waals surface area contributed by atoms with Crippen molar-refractivity contribution in [2.75, 3.05) is 33.3 Å². The van der Waals surface area contributed by atoms with Crippen LogP contribution in [0.1, 0.15) is 409 Å². The average Bonchev–Trinajstić information content (AvgIpc) is 3.45. The van der Waals surface area contributed by atoms with Gasteiger partial charge in [-0.05, 0) is 75.1 Å². The summed E-state index contributed by atoms with van der Waals surface area (Å²) in [6.07, 6.45) is 78.6. The van der Waals surface area contributed by atoms with Crippen molar-refractivity contribution in [3.63, 3.8) is 0 Å². The molecule has 0 heterocycles. The second kappa shape index (κ2) is 61.7. The molecule has 0 radical (unpaired) electrons. The van der Waals surface area contributed by atoms with Crippen molar-refractivity contribution in [1.29, 1.82) is 0 Å². The Labute approximate surface area is 491 Å². The van der Waals surface area contributed by atoms with Gasteiger partial charge >= 0.3 is 5.97 Å². The van der Waals surface area contributed by atoms with Gasteiger partial charge in [-0.25, -0.2) is 4.79 Å². The van der Waals surface area contributed by atoms with Gasteiger partial charge in [-0.1, -0.05) is 368 Å². The number of carbonyl (C=O) groups is 1. The van der Waals surface area contributed by atoms with E-state index >= 15 is 0 Å². The number of hydrogen-bond donors (Lipinski definition) is 0. The van der Waals surface area contributed by atoms with Crippen LogP contribution in [0.2, 0.25) is 0 Å². The van der Waals surface area contributed by atoms with E-state index in [1.807, 2.05) is 0 Å². The van der Waals surface area contributed by atoms with Crippen LogP contribution in [0.4, 0.5) is 0 Å². The summed E-state index contributed by atoms with van der Waals surface area (Å²) in [5.41, 5.74) is 3.35. The monoisotopic (exact) mass is 1090 g/mol. The van der Waals surface area contributed by atoms with E-state index in [4.69, 9.17) is 4.74 Å². The Morgan fingerprint density at radius 2 is 0.436 bits per heavy atom. The van der Waals surface area contributed by atoms with Crippen LogP contribution in [0.15, 0.2) is 18.2 Å². The molecule has 0 atom stereocenters. The Morgan fingerprint density at radius 1 is 0.269 bits per heavy atom. The van der Waals surface area contributed by atoms with Gasteiger partial charge < -0.3 is 4.74 Å². The Hall–Kier alpha value is -1.39. The highest BCUT2D eigenvalue weighted by atomic mass is 16.5. The molecule has 460 valence electrons. The van der Waals surface area contributed by atoms with Gasteiger partial charge in [-0.2, -0.15) is 0 Å². The van der Waals surface area contributed by atoms with Crippen LogP contribution < -0.4 is 0 Å². The minimum absolute atomic E-state index is 0.186. The lowest BCUT2D eigenvalue weighted by molar-refractivity contribution is 0.0600. The summed E-state index contributed by atoms with van der Waals surface area (Å²) < 4.78 is 5.42. The molecule has 78 heavy (non-hydrogen) atoms. The van der Waals surface area contributed by atoms with Gasteiger partial charge in [0.25, 0.3) is 0 Å². The van der Waals surface area contributed by atoms with Crippen molar-refractivity contribution in [3.8, 4) is 0 Å². The highest BCUT2D eigenvalue weighted by molar-refractivity contribution is 5.89. The van der Waals surface area contributed by atoms with Crippen molar-refractivity contribution in [1.82, 2.24) is 9.80 Å². The Kier molecular flexibility index (Phi) is 59.0. The van der Waals surface area contributed by atoms with Crippen LogP contribution in [0.25, 0.3) is 0 Å². The molecule has 4 heteroatoms. The summed E-state index contributed by atoms with van der Waals surface area (Å²) in [5.74, 6) is -0.186. The third kappa shape index (κ3) is 51.5. The summed E-state index contributed by atoms with van der Waals surface area (Å²) in [4.78, 5) is 18.8. The van der Waals surface area contributed by atoms with Crippen molar-refractivity contribution < 1.29 is 9.53 Å². The molecule has 0 N–H and O–H groups in total. The molecule has 0 saturated carbocycles. The summed E-state index contributed by atoms with van der Waals surface area (Å²) >= 11 is 0. The van der Waals surface area contributed by atoms with E-state index in [1.54, 1.807) is 7.11 Å². The number of hydrogen-bond acceptors (Lipinski definition) is 4. The van der Waals surface area contributed by atoms with Gasteiger partial charge in [0.1, 0.15) is 0 Å². The molecule has 0 amide bonds. The zero-order valence-corrected chi connectivity index (χ0v) is 54.3. The van der Waals surface area contributed by atoms with E-state index in [2.05, 4.69) is 55.7 Å². The fraction of sp³-hybridized carbons (Fsp3) is 0.905. The maximum Gasteiger partial charge on any atom is 0.337 e. The SMILES string of the molecule is CCCCCCCCCCCCCCCCN(CCCCCCCCCCCCCCCC)Cc1cc(CN(CCCCCCCCCCCCCCCC)CCCCCCCCCCCCCCCC)cc(C(=O)OC)c1. The summed E-state index contributed by atoms with van der Waals surface area (Å²) in [5, 5.41) is 0. The molecule has 0 aromatic heterocycles. The first-order chi connectivity index (χ1) is 38.6. The maximum absolute atomic E-state index is 13.3. The maximum atomic E-state index is 13.3. The Balaban J connectivity index is 2.87. The minimum atomic E-state index is -0.186. The zero-order chi connectivity index (χ0) is 56.1. The second-order valence-electron chi connectivity index (χ2n) is 25.5. The molecule has 0 saturated heterocycles. The number of carbonyl (C=O) groups excluding carboxylic acids is 1. The third-order valence-electron chi connectivity index (χ3n) is 17.6. The van der Waals surface area contributed by atoms with Crippen molar-refractivity contribution in [2.24, 2.45) is 0 Å². The van der Waals surface area contributed by atoms with Gasteiger partial charge in [0.05, 0.1) is 12.7 Å². The lowest BCUT2D eigenvalue weighted by Gasteiger charge is -2.25. The van der Waals surface area contributed by atoms with Crippen molar-refractivity contribution >= 4 is 5.97 Å². The molecular weight excluding hydrogens is 949 g/mol. The van der Waals surface area contributed by atoms with E-state index in [0.717, 1.165) is 18.7 Å². The third-order valence-corrected chi connectivity index (χ3v) is 17.6. The molecular formula is C74H142N2O2. The predicted molar refractivity (Wildman–Crippen MR) is 350 cm³/mol. The molecule has 0 aliphatic heterocycles. The quantitative estimate of drug-likeness (QED) is 0.0481. The molecule has 0 unspecified atom stereocenters. The van der Waals surface area contributed by atoms with Crippen LogP contribution in [0, 0.1) is 0 Å². The van der Waals surface area contributed by atoms with Crippen LogP contribution in [0.3, 0.4) is 0 Å². The molecule has 1 aromatic rings. The van der Waals surface area contributed by atoms with E-state index in [9.17, 15) is 4.79 Å². The Morgan fingerprint density at radius 3 is 0.603 bits per heavy atom. The minimum Gasteiger partial charge on any atom is -0.465 e. The largest absolute Gasteiger partial charge is 0.465 e. The molecule has 0 aliphatic carbocycles. The first-order valence-electron chi connectivity index (χ1n) is 36.2. The number of ether oxygens (including phenoxy) is 1. The highest BCUT2D eigenvalue weighted by Gasteiger charge is 2.15. The molecule has 0 spiro atoms. The van der Waals surface area contributed by atoms with E-state index in [0.29, 0.717) is 0 Å². The number of esters is 1. The molecule has 0 fully saturated rings. The van der Waals surface area contributed by atoms with Crippen LogP contribution in [-0.2, 0) is 17.8 Å². The number of unbranched alkanes of at least 4 members (excludes halogenated alkanes) is 52. The molecule has 0 aliphatic rings. The smallest absolute Gasteiger partial charge is 0.337 e. The van der Waals surface area contributed by atoms with Crippen LogP contribution >= 0.6 is 0 Å². The van der Waals surface area contributed by atoms with E-state index in [-0.39, 0.29) is 5.97 Å². The van der Waals surface area contributed by atoms with E-state index < -0.39 is 0 Å². The number of benzene rings is 1. The second-order valence-corrected chi connectivity index (χ2v) is 25.5. The van der Waals surface area contributed by atoms with Gasteiger partial charge in [-0.15, -0.1) is 0 Å². The lowest BCUT2D eigenvalue weighted by Crippen LogP contribution is -2.27. The van der Waals surface area contributed by atoms with E-state index in [1.165, 1.54) is 397 Å². The average molecular weight is 1090 g/mol.